The van der Waals surface area contributed by atoms with Crippen LogP contribution in [0.4, 0.5) is 0 Å². The molecule has 1 aromatic heterocycles. The van der Waals surface area contributed by atoms with Crippen LogP contribution in [0.5, 0.6) is 0 Å². The van der Waals surface area contributed by atoms with E-state index >= 15 is 0 Å². The fourth-order valence-corrected chi connectivity index (χ4v) is 3.38. The number of hydrogen-bond acceptors (Lipinski definition) is 1. The number of nitrogens with zero attached hydrogens (tertiary/aromatic N) is 1. The lowest BCUT2D eigenvalue weighted by atomic mass is 9.75. The molecule has 0 saturated carbocycles. The molecule has 110 valence electrons. The molecule has 2 nitrogen and oxygen atoms in total. The Labute approximate surface area is 130 Å². The van der Waals surface area contributed by atoms with Gasteiger partial charge in [0.1, 0.15) is 0 Å². The van der Waals surface area contributed by atoms with Crippen molar-refractivity contribution in [2.75, 3.05) is 0 Å². The van der Waals surface area contributed by atoms with Crippen LogP contribution >= 0.6 is 11.6 Å². The fraction of sp³-hybridized carbons (Fsp3) is 0.389. The van der Waals surface area contributed by atoms with Crippen molar-refractivity contribution in [1.82, 2.24) is 4.57 Å². The number of aromatic nitrogens is 1. The second kappa shape index (κ2) is 5.03. The molecule has 0 fully saturated rings. The number of hydrogen-bond donors (Lipinski definition) is 0. The first-order valence-corrected chi connectivity index (χ1v) is 7.81. The van der Waals surface area contributed by atoms with Gasteiger partial charge in [-0.15, -0.1) is 0 Å². The summed E-state index contributed by atoms with van der Waals surface area (Å²) in [5.41, 5.74) is 4.35. The number of carbonyl (C=O) groups is 1. The van der Waals surface area contributed by atoms with E-state index in [1.54, 1.807) is 0 Å². The van der Waals surface area contributed by atoms with Crippen LogP contribution in [-0.4, -0.2) is 10.4 Å². The Morgan fingerprint density at radius 1 is 1.19 bits per heavy atom. The van der Waals surface area contributed by atoms with Crippen molar-refractivity contribution in [2.45, 2.75) is 40.0 Å². The van der Waals surface area contributed by atoms with Crippen LogP contribution in [0.15, 0.2) is 30.5 Å². The van der Waals surface area contributed by atoms with Crippen LogP contribution in [0.1, 0.15) is 48.8 Å². The van der Waals surface area contributed by atoms with Gasteiger partial charge in [-0.05, 0) is 48.1 Å². The topological polar surface area (TPSA) is 22.0 Å². The molecule has 3 rings (SSSR count). The quantitative estimate of drug-likeness (QED) is 0.777. The van der Waals surface area contributed by atoms with E-state index in [1.807, 2.05) is 24.3 Å². The maximum atomic E-state index is 12.5. The van der Waals surface area contributed by atoms with Gasteiger partial charge in [0, 0.05) is 34.6 Å². The highest BCUT2D eigenvalue weighted by molar-refractivity contribution is 6.30. The third-order valence-electron chi connectivity index (χ3n) is 4.24. The smallest absolute Gasteiger partial charge is 0.165 e. The summed E-state index contributed by atoms with van der Waals surface area (Å²) in [7, 11) is 0. The van der Waals surface area contributed by atoms with Gasteiger partial charge in [-0.1, -0.05) is 32.4 Å². The van der Waals surface area contributed by atoms with Crippen LogP contribution in [0.25, 0.3) is 5.69 Å². The minimum absolute atomic E-state index is 0.0254. The Morgan fingerprint density at radius 3 is 2.48 bits per heavy atom. The molecule has 0 aliphatic heterocycles. The zero-order valence-corrected chi connectivity index (χ0v) is 13.5. The Bertz CT molecular complexity index is 695. The molecular formula is C18H20ClNO. The number of carbonyl (C=O) groups excluding carboxylic acids is 1. The highest BCUT2D eigenvalue weighted by atomic mass is 35.5. The van der Waals surface area contributed by atoms with Crippen LogP contribution < -0.4 is 0 Å². The summed E-state index contributed by atoms with van der Waals surface area (Å²) < 4.78 is 2.17. The number of fused-ring (bicyclic) bond motifs is 1. The highest BCUT2D eigenvalue weighted by Crippen LogP contribution is 2.38. The molecule has 0 amide bonds. The Kier molecular flexibility index (Phi) is 3.45. The lowest BCUT2D eigenvalue weighted by Gasteiger charge is -2.30. The lowest BCUT2D eigenvalue weighted by molar-refractivity contribution is 0.0910. The summed E-state index contributed by atoms with van der Waals surface area (Å²) in [6, 6.07) is 7.80. The standard InChI is InChI=1S/C18H20ClNO/c1-4-12-11-20(14-7-5-13(19)6-8-14)15-9-18(2,3)10-16(21)17(12)15/h5-8,11H,4,9-10H2,1-3H3. The van der Waals surface area contributed by atoms with Gasteiger partial charge in [-0.2, -0.15) is 0 Å². The minimum Gasteiger partial charge on any atom is -0.320 e. The van der Waals surface area contributed by atoms with Gasteiger partial charge in [-0.3, -0.25) is 4.79 Å². The van der Waals surface area contributed by atoms with Gasteiger partial charge < -0.3 is 4.57 Å². The van der Waals surface area contributed by atoms with Crippen molar-refractivity contribution >= 4 is 17.4 Å². The van der Waals surface area contributed by atoms with Crippen molar-refractivity contribution < 1.29 is 4.79 Å². The highest BCUT2D eigenvalue weighted by Gasteiger charge is 2.35. The van der Waals surface area contributed by atoms with Crippen molar-refractivity contribution in [3.05, 3.63) is 52.3 Å². The van der Waals surface area contributed by atoms with Crippen LogP contribution in [0.3, 0.4) is 0 Å². The van der Waals surface area contributed by atoms with Crippen molar-refractivity contribution in [3.63, 3.8) is 0 Å². The van der Waals surface area contributed by atoms with Crippen LogP contribution in [0.2, 0.25) is 5.02 Å². The van der Waals surface area contributed by atoms with E-state index in [9.17, 15) is 4.79 Å². The van der Waals surface area contributed by atoms with Crippen molar-refractivity contribution in [2.24, 2.45) is 5.41 Å². The summed E-state index contributed by atoms with van der Waals surface area (Å²) in [6.45, 7) is 6.44. The molecule has 0 atom stereocenters. The first-order chi connectivity index (χ1) is 9.91. The maximum absolute atomic E-state index is 12.5. The second-order valence-electron chi connectivity index (χ2n) is 6.62. The molecule has 3 heteroatoms. The molecule has 0 spiro atoms. The van der Waals surface area contributed by atoms with E-state index in [2.05, 4.69) is 31.5 Å². The minimum atomic E-state index is 0.0254. The summed E-state index contributed by atoms with van der Waals surface area (Å²) >= 11 is 5.98. The number of ketones is 1. The number of benzene rings is 1. The zero-order chi connectivity index (χ0) is 15.2. The lowest BCUT2D eigenvalue weighted by Crippen LogP contribution is -2.28. The van der Waals surface area contributed by atoms with Gasteiger partial charge in [0.25, 0.3) is 0 Å². The number of halogens is 1. The average molecular weight is 302 g/mol. The molecule has 2 aromatic rings. The monoisotopic (exact) mass is 301 g/mol. The normalized spacial score (nSPS) is 16.9. The number of aryl methyl sites for hydroxylation is 1. The van der Waals surface area contributed by atoms with E-state index in [0.29, 0.717) is 6.42 Å². The molecule has 1 aliphatic rings. The molecule has 0 N–H and O–H groups in total. The third-order valence-corrected chi connectivity index (χ3v) is 4.49. The molecular weight excluding hydrogens is 282 g/mol. The molecule has 0 radical (unpaired) electrons. The Hall–Kier alpha value is -1.54. The SMILES string of the molecule is CCc1cn(-c2ccc(Cl)cc2)c2c1C(=O)CC(C)(C)C2. The van der Waals surface area contributed by atoms with E-state index in [4.69, 9.17) is 11.6 Å². The second-order valence-corrected chi connectivity index (χ2v) is 7.05. The first kappa shape index (κ1) is 14.4. The van der Waals surface area contributed by atoms with E-state index in [1.165, 1.54) is 0 Å². The van der Waals surface area contributed by atoms with Crippen molar-refractivity contribution in [3.8, 4) is 5.69 Å². The summed E-state index contributed by atoms with van der Waals surface area (Å²) in [5, 5.41) is 0.729. The molecule has 0 saturated heterocycles. The van der Waals surface area contributed by atoms with Gasteiger partial charge in [0.05, 0.1) is 0 Å². The zero-order valence-electron chi connectivity index (χ0n) is 12.7. The molecule has 1 heterocycles. The number of Topliss-reactive ketones (excluding diaryl/α,β-unsaturated/α-hetero) is 1. The van der Waals surface area contributed by atoms with Crippen molar-refractivity contribution in [1.29, 1.82) is 0 Å². The Morgan fingerprint density at radius 2 is 1.86 bits per heavy atom. The van der Waals surface area contributed by atoms with E-state index < -0.39 is 0 Å². The average Bonchev–Trinajstić information content (AvgIpc) is 2.77. The third kappa shape index (κ3) is 2.53. The predicted molar refractivity (Wildman–Crippen MR) is 86.6 cm³/mol. The van der Waals surface area contributed by atoms with Gasteiger partial charge in [0.2, 0.25) is 0 Å². The van der Waals surface area contributed by atoms with Crippen LogP contribution in [-0.2, 0) is 12.8 Å². The predicted octanol–water partition coefficient (Wildman–Crippen LogP) is 4.85. The largest absolute Gasteiger partial charge is 0.320 e. The van der Waals surface area contributed by atoms with E-state index in [0.717, 1.165) is 40.4 Å². The maximum Gasteiger partial charge on any atom is 0.165 e. The summed E-state index contributed by atoms with van der Waals surface area (Å²) in [6.07, 6.45) is 4.57. The Balaban J connectivity index is 2.19. The number of rotatable bonds is 2. The van der Waals surface area contributed by atoms with E-state index in [-0.39, 0.29) is 11.2 Å². The van der Waals surface area contributed by atoms with Crippen LogP contribution in [0, 0.1) is 5.41 Å². The molecule has 21 heavy (non-hydrogen) atoms. The van der Waals surface area contributed by atoms with Gasteiger partial charge >= 0.3 is 0 Å². The summed E-state index contributed by atoms with van der Waals surface area (Å²) in [5.74, 6) is 0.283. The van der Waals surface area contributed by atoms with Gasteiger partial charge in [0.15, 0.2) is 5.78 Å². The molecule has 1 aromatic carbocycles. The van der Waals surface area contributed by atoms with Gasteiger partial charge in [-0.25, -0.2) is 0 Å². The fourth-order valence-electron chi connectivity index (χ4n) is 3.26. The summed E-state index contributed by atoms with van der Waals surface area (Å²) in [4.78, 5) is 12.5. The first-order valence-electron chi connectivity index (χ1n) is 7.43. The molecule has 1 aliphatic carbocycles. The molecule has 0 bridgehead atoms. The molecule has 0 unspecified atom stereocenters.